The van der Waals surface area contributed by atoms with Gasteiger partial charge in [-0.15, -0.1) is 0 Å². The molecule has 2 aromatic rings. The Labute approximate surface area is 113 Å². The predicted octanol–water partition coefficient (Wildman–Crippen LogP) is 1.97. The highest BCUT2D eigenvalue weighted by atomic mass is 16.5. The third-order valence-corrected chi connectivity index (χ3v) is 3.03. The van der Waals surface area contributed by atoms with E-state index in [1.165, 1.54) is 0 Å². The molecule has 0 aliphatic carbocycles. The Morgan fingerprint density at radius 3 is 2.95 bits per heavy atom. The zero-order chi connectivity index (χ0) is 13.5. The number of nitrogens with zero attached hydrogens (tertiary/aromatic N) is 1. The number of rotatable bonds is 7. The molecule has 0 bridgehead atoms. The van der Waals surface area contributed by atoms with Crippen molar-refractivity contribution in [3.63, 3.8) is 0 Å². The first kappa shape index (κ1) is 13.8. The molecule has 0 fully saturated rings. The number of hydrogen-bond donors (Lipinski definition) is 2. The van der Waals surface area contributed by atoms with Gasteiger partial charge in [-0.1, -0.05) is 25.1 Å². The number of pyridine rings is 1. The molecule has 1 aromatic carbocycles. The van der Waals surface area contributed by atoms with Crippen molar-refractivity contribution in [1.82, 2.24) is 10.3 Å². The number of aliphatic hydroxyl groups excluding tert-OH is 1. The number of benzene rings is 1. The largest absolute Gasteiger partial charge is 0.491 e. The maximum Gasteiger partial charge on any atom is 0.145 e. The SMILES string of the molecule is CCNC(CO)CCOc1cccc2cccnc12. The van der Waals surface area contributed by atoms with Gasteiger partial charge in [-0.3, -0.25) is 4.98 Å². The lowest BCUT2D eigenvalue weighted by Gasteiger charge is -2.15. The van der Waals surface area contributed by atoms with Crippen molar-refractivity contribution in [3.8, 4) is 5.75 Å². The van der Waals surface area contributed by atoms with Crippen LogP contribution in [0.5, 0.6) is 5.75 Å². The number of likely N-dealkylation sites (N-methyl/N-ethyl adjacent to an activating group) is 1. The minimum absolute atomic E-state index is 0.0907. The molecule has 2 rings (SSSR count). The standard InChI is InChI=1S/C15H20N2O2/c1-2-16-13(11-18)8-10-19-14-7-3-5-12-6-4-9-17-15(12)14/h3-7,9,13,16,18H,2,8,10-11H2,1H3. The predicted molar refractivity (Wildman–Crippen MR) is 76.4 cm³/mol. The van der Waals surface area contributed by atoms with Crippen LogP contribution in [0.2, 0.25) is 0 Å². The first-order valence-electron chi connectivity index (χ1n) is 6.66. The monoisotopic (exact) mass is 260 g/mol. The number of aliphatic hydroxyl groups is 1. The second-order valence-corrected chi connectivity index (χ2v) is 4.41. The highest BCUT2D eigenvalue weighted by Crippen LogP contribution is 2.22. The summed E-state index contributed by atoms with van der Waals surface area (Å²) in [6.07, 6.45) is 2.54. The first-order chi connectivity index (χ1) is 9.35. The van der Waals surface area contributed by atoms with Gasteiger partial charge >= 0.3 is 0 Å². The average Bonchev–Trinajstić information content (AvgIpc) is 2.46. The normalized spacial score (nSPS) is 12.5. The third-order valence-electron chi connectivity index (χ3n) is 3.03. The lowest BCUT2D eigenvalue weighted by Crippen LogP contribution is -2.33. The molecule has 4 nitrogen and oxygen atoms in total. The molecule has 0 spiro atoms. The molecule has 1 heterocycles. The van der Waals surface area contributed by atoms with Crippen LogP contribution >= 0.6 is 0 Å². The number of ether oxygens (including phenoxy) is 1. The van der Waals surface area contributed by atoms with E-state index in [2.05, 4.69) is 10.3 Å². The van der Waals surface area contributed by atoms with E-state index < -0.39 is 0 Å². The first-order valence-corrected chi connectivity index (χ1v) is 6.66. The van der Waals surface area contributed by atoms with E-state index >= 15 is 0 Å². The quantitative estimate of drug-likeness (QED) is 0.799. The molecular weight excluding hydrogens is 240 g/mol. The molecule has 0 aliphatic heterocycles. The summed E-state index contributed by atoms with van der Waals surface area (Å²) >= 11 is 0. The number of hydrogen-bond acceptors (Lipinski definition) is 4. The maximum atomic E-state index is 9.20. The summed E-state index contributed by atoms with van der Waals surface area (Å²) in [4.78, 5) is 4.35. The Morgan fingerprint density at radius 1 is 1.32 bits per heavy atom. The fourth-order valence-corrected chi connectivity index (χ4v) is 2.05. The van der Waals surface area contributed by atoms with Gasteiger partial charge in [0, 0.05) is 17.6 Å². The van der Waals surface area contributed by atoms with Crippen LogP contribution in [0.3, 0.4) is 0 Å². The maximum absolute atomic E-state index is 9.20. The van der Waals surface area contributed by atoms with Crippen molar-refractivity contribution in [2.75, 3.05) is 19.8 Å². The van der Waals surface area contributed by atoms with Gasteiger partial charge in [-0.2, -0.15) is 0 Å². The van der Waals surface area contributed by atoms with Gasteiger partial charge in [-0.05, 0) is 25.1 Å². The molecule has 0 saturated carbocycles. The van der Waals surface area contributed by atoms with Gasteiger partial charge in [0.15, 0.2) is 0 Å². The molecule has 4 heteroatoms. The summed E-state index contributed by atoms with van der Waals surface area (Å²) in [6, 6.07) is 9.94. The Morgan fingerprint density at radius 2 is 2.16 bits per heavy atom. The Bertz CT molecular complexity index is 511. The number of aromatic nitrogens is 1. The summed E-state index contributed by atoms with van der Waals surface area (Å²) in [5.74, 6) is 0.797. The lowest BCUT2D eigenvalue weighted by atomic mass is 10.2. The van der Waals surface area contributed by atoms with Gasteiger partial charge in [0.25, 0.3) is 0 Å². The molecule has 0 aliphatic rings. The highest BCUT2D eigenvalue weighted by Gasteiger charge is 2.07. The second kappa shape index (κ2) is 7.07. The number of para-hydroxylation sites is 1. The molecule has 1 atom stereocenters. The van der Waals surface area contributed by atoms with Gasteiger partial charge in [0.1, 0.15) is 11.3 Å². The third kappa shape index (κ3) is 3.66. The van der Waals surface area contributed by atoms with Crippen molar-refractivity contribution in [2.45, 2.75) is 19.4 Å². The van der Waals surface area contributed by atoms with Crippen molar-refractivity contribution in [2.24, 2.45) is 0 Å². The zero-order valence-electron chi connectivity index (χ0n) is 11.2. The second-order valence-electron chi connectivity index (χ2n) is 4.41. The molecule has 19 heavy (non-hydrogen) atoms. The summed E-state index contributed by atoms with van der Waals surface area (Å²) < 4.78 is 5.78. The summed E-state index contributed by atoms with van der Waals surface area (Å²) in [7, 11) is 0. The number of nitrogens with one attached hydrogen (secondary N) is 1. The summed E-state index contributed by atoms with van der Waals surface area (Å²) in [5.41, 5.74) is 0.883. The average molecular weight is 260 g/mol. The van der Waals surface area contributed by atoms with E-state index in [0.29, 0.717) is 6.61 Å². The Kier molecular flexibility index (Phi) is 5.12. The van der Waals surface area contributed by atoms with Crippen LogP contribution in [0.15, 0.2) is 36.5 Å². The topological polar surface area (TPSA) is 54.4 Å². The van der Waals surface area contributed by atoms with Gasteiger partial charge < -0.3 is 15.2 Å². The number of fused-ring (bicyclic) bond motifs is 1. The molecule has 0 radical (unpaired) electrons. The fraction of sp³-hybridized carbons (Fsp3) is 0.400. The van der Waals surface area contributed by atoms with Crippen LogP contribution in [0.25, 0.3) is 10.9 Å². The van der Waals surface area contributed by atoms with Crippen molar-refractivity contribution >= 4 is 10.9 Å². The highest BCUT2D eigenvalue weighted by molar-refractivity contribution is 5.84. The molecule has 2 N–H and O–H groups in total. The molecule has 102 valence electrons. The van der Waals surface area contributed by atoms with E-state index in [-0.39, 0.29) is 12.6 Å². The van der Waals surface area contributed by atoms with Gasteiger partial charge in [0.05, 0.1) is 13.2 Å². The molecule has 0 saturated heterocycles. The summed E-state index contributed by atoms with van der Waals surface area (Å²) in [5, 5.41) is 13.5. The fourth-order valence-electron chi connectivity index (χ4n) is 2.05. The Balaban J connectivity index is 1.98. The van der Waals surface area contributed by atoms with Crippen LogP contribution in [0.1, 0.15) is 13.3 Å². The van der Waals surface area contributed by atoms with Crippen molar-refractivity contribution in [3.05, 3.63) is 36.5 Å². The molecule has 1 aromatic heterocycles. The van der Waals surface area contributed by atoms with E-state index in [1.807, 2.05) is 37.3 Å². The smallest absolute Gasteiger partial charge is 0.145 e. The van der Waals surface area contributed by atoms with Crippen molar-refractivity contribution < 1.29 is 9.84 Å². The van der Waals surface area contributed by atoms with Crippen molar-refractivity contribution in [1.29, 1.82) is 0 Å². The van der Waals surface area contributed by atoms with Crippen LogP contribution in [0, 0.1) is 0 Å². The van der Waals surface area contributed by atoms with Gasteiger partial charge in [-0.25, -0.2) is 0 Å². The van der Waals surface area contributed by atoms with E-state index in [9.17, 15) is 5.11 Å². The Hall–Kier alpha value is -1.65. The van der Waals surface area contributed by atoms with Crippen LogP contribution < -0.4 is 10.1 Å². The van der Waals surface area contributed by atoms with Gasteiger partial charge in [0.2, 0.25) is 0 Å². The minimum Gasteiger partial charge on any atom is -0.491 e. The summed E-state index contributed by atoms with van der Waals surface area (Å²) in [6.45, 7) is 3.57. The van der Waals surface area contributed by atoms with E-state index in [1.54, 1.807) is 6.20 Å². The van der Waals surface area contributed by atoms with E-state index in [4.69, 9.17) is 4.74 Å². The zero-order valence-corrected chi connectivity index (χ0v) is 11.2. The molecule has 1 unspecified atom stereocenters. The lowest BCUT2D eigenvalue weighted by molar-refractivity contribution is 0.211. The van der Waals surface area contributed by atoms with E-state index in [0.717, 1.165) is 29.6 Å². The van der Waals surface area contributed by atoms with Crippen LogP contribution in [0.4, 0.5) is 0 Å². The molecule has 0 amide bonds. The molecular formula is C15H20N2O2. The minimum atomic E-state index is 0.0907. The van der Waals surface area contributed by atoms with Crippen LogP contribution in [-0.2, 0) is 0 Å². The van der Waals surface area contributed by atoms with Crippen LogP contribution in [-0.4, -0.2) is 35.9 Å².